The lowest BCUT2D eigenvalue weighted by Crippen LogP contribution is -2.23. The van der Waals surface area contributed by atoms with E-state index in [0.717, 1.165) is 10.1 Å². The van der Waals surface area contributed by atoms with Gasteiger partial charge in [-0.3, -0.25) is 9.48 Å². The van der Waals surface area contributed by atoms with Gasteiger partial charge in [-0.25, -0.2) is 4.79 Å². The number of fused-ring (bicyclic) bond motifs is 1. The maximum Gasteiger partial charge on any atom is 0.346 e. The second-order valence-corrected chi connectivity index (χ2v) is 7.15. The van der Waals surface area contributed by atoms with Gasteiger partial charge in [-0.15, -0.1) is 11.3 Å². The molecule has 0 bridgehead atoms. The predicted molar refractivity (Wildman–Crippen MR) is 97.3 cm³/mol. The second-order valence-electron chi connectivity index (χ2n) is 6.10. The van der Waals surface area contributed by atoms with Crippen LogP contribution in [0.2, 0.25) is 0 Å². The number of carbonyl (C=O) groups is 2. The van der Waals surface area contributed by atoms with E-state index in [9.17, 15) is 14.7 Å². The highest BCUT2D eigenvalue weighted by Crippen LogP contribution is 2.31. The van der Waals surface area contributed by atoms with E-state index < -0.39 is 5.97 Å². The van der Waals surface area contributed by atoms with Crippen molar-refractivity contribution in [2.24, 2.45) is 0 Å². The monoisotopic (exact) mass is 357 g/mol. The van der Waals surface area contributed by atoms with Gasteiger partial charge >= 0.3 is 5.97 Å². The van der Waals surface area contributed by atoms with E-state index in [1.807, 2.05) is 38.1 Å². The molecule has 3 aromatic rings. The van der Waals surface area contributed by atoms with Gasteiger partial charge in [0.25, 0.3) is 5.91 Å². The van der Waals surface area contributed by atoms with Gasteiger partial charge in [0.15, 0.2) is 0 Å². The molecule has 130 valence electrons. The number of thiophene rings is 1. The number of aromatic nitrogens is 2. The number of nitrogens with zero attached hydrogens (tertiary/aromatic N) is 2. The van der Waals surface area contributed by atoms with E-state index in [1.165, 1.54) is 11.3 Å². The highest BCUT2D eigenvalue weighted by Gasteiger charge is 2.19. The first kappa shape index (κ1) is 17.2. The minimum atomic E-state index is -0.978. The Kier molecular flexibility index (Phi) is 4.59. The van der Waals surface area contributed by atoms with Crippen molar-refractivity contribution in [3.8, 4) is 0 Å². The largest absolute Gasteiger partial charge is 0.477 e. The van der Waals surface area contributed by atoms with Crippen LogP contribution in [0, 0.1) is 6.92 Å². The van der Waals surface area contributed by atoms with Gasteiger partial charge in [-0.1, -0.05) is 18.2 Å². The van der Waals surface area contributed by atoms with E-state index in [-0.39, 0.29) is 23.4 Å². The van der Waals surface area contributed by atoms with Crippen molar-refractivity contribution in [1.82, 2.24) is 15.1 Å². The highest BCUT2D eigenvalue weighted by molar-refractivity contribution is 7.21. The summed E-state index contributed by atoms with van der Waals surface area (Å²) >= 11 is 1.22. The van der Waals surface area contributed by atoms with E-state index in [0.29, 0.717) is 16.8 Å². The molecule has 0 saturated heterocycles. The molecule has 0 fully saturated rings. The minimum absolute atomic E-state index is 0.163. The fourth-order valence-electron chi connectivity index (χ4n) is 2.68. The number of carbonyl (C=O) groups excluding carboxylic acids is 1. The molecule has 1 aromatic carbocycles. The highest BCUT2D eigenvalue weighted by atomic mass is 32.1. The first-order chi connectivity index (χ1) is 11.9. The summed E-state index contributed by atoms with van der Waals surface area (Å²) in [4.78, 5) is 24.3. The molecule has 1 amide bonds. The number of hydrogen-bond donors (Lipinski definition) is 2. The summed E-state index contributed by atoms with van der Waals surface area (Å²) in [5.74, 6) is -1.23. The maximum absolute atomic E-state index is 12.5. The number of amides is 1. The van der Waals surface area contributed by atoms with E-state index >= 15 is 0 Å². The molecule has 0 aliphatic heterocycles. The number of nitrogens with one attached hydrogen (secondary N) is 1. The number of benzene rings is 1. The number of rotatable bonds is 5. The number of carboxylic acids is 1. The molecular weight excluding hydrogens is 338 g/mol. The summed E-state index contributed by atoms with van der Waals surface area (Å²) in [6, 6.07) is 7.66. The van der Waals surface area contributed by atoms with E-state index in [4.69, 9.17) is 0 Å². The van der Waals surface area contributed by atoms with Gasteiger partial charge in [-0.05, 0) is 32.2 Å². The van der Waals surface area contributed by atoms with Gasteiger partial charge in [0.05, 0.1) is 11.3 Å². The van der Waals surface area contributed by atoms with Crippen molar-refractivity contribution < 1.29 is 14.7 Å². The second kappa shape index (κ2) is 6.68. The van der Waals surface area contributed by atoms with Crippen LogP contribution in [0.3, 0.4) is 0 Å². The summed E-state index contributed by atoms with van der Waals surface area (Å²) in [5, 5.41) is 17.5. The molecule has 0 unspecified atom stereocenters. The number of carboxylic acid groups (broad SMARTS) is 1. The van der Waals surface area contributed by atoms with Crippen LogP contribution < -0.4 is 5.32 Å². The summed E-state index contributed by atoms with van der Waals surface area (Å²) in [6.07, 6.45) is 1.72. The van der Waals surface area contributed by atoms with Crippen LogP contribution in [-0.4, -0.2) is 26.8 Å². The SMILES string of the molecule is Cc1nn(C(C)C)cc1C(=O)NCc1c(C(=O)O)sc2ccccc12. The number of aromatic carboxylic acids is 1. The van der Waals surface area contributed by atoms with Gasteiger partial charge in [-0.2, -0.15) is 5.10 Å². The van der Waals surface area contributed by atoms with Gasteiger partial charge in [0, 0.05) is 29.0 Å². The topological polar surface area (TPSA) is 84.2 Å². The van der Waals surface area contributed by atoms with Gasteiger partial charge in [0.1, 0.15) is 4.88 Å². The predicted octanol–water partition coefficient (Wildman–Crippen LogP) is 3.62. The van der Waals surface area contributed by atoms with Crippen molar-refractivity contribution in [2.45, 2.75) is 33.4 Å². The Morgan fingerprint density at radius 2 is 2.04 bits per heavy atom. The maximum atomic E-state index is 12.5. The van der Waals surface area contributed by atoms with Crippen molar-refractivity contribution >= 4 is 33.3 Å². The molecule has 6 nitrogen and oxygen atoms in total. The average Bonchev–Trinajstić information content (AvgIpc) is 3.13. The zero-order valence-electron chi connectivity index (χ0n) is 14.2. The van der Waals surface area contributed by atoms with Crippen LogP contribution in [0.15, 0.2) is 30.5 Å². The van der Waals surface area contributed by atoms with Gasteiger partial charge in [0.2, 0.25) is 0 Å². The molecule has 0 radical (unpaired) electrons. The number of hydrogen-bond acceptors (Lipinski definition) is 4. The Hall–Kier alpha value is -2.67. The average molecular weight is 357 g/mol. The fourth-order valence-corrected chi connectivity index (χ4v) is 3.74. The Bertz CT molecular complexity index is 956. The van der Waals surface area contributed by atoms with Crippen LogP contribution >= 0.6 is 11.3 Å². The molecule has 2 heterocycles. The lowest BCUT2D eigenvalue weighted by atomic mass is 10.1. The van der Waals surface area contributed by atoms with Crippen molar-refractivity contribution in [3.63, 3.8) is 0 Å². The van der Waals surface area contributed by atoms with E-state index in [1.54, 1.807) is 17.8 Å². The lowest BCUT2D eigenvalue weighted by Gasteiger charge is -2.05. The quantitative estimate of drug-likeness (QED) is 0.730. The zero-order chi connectivity index (χ0) is 18.1. The third-order valence-corrected chi connectivity index (χ3v) is 5.21. The molecule has 2 N–H and O–H groups in total. The Morgan fingerprint density at radius 1 is 1.32 bits per heavy atom. The van der Waals surface area contributed by atoms with Gasteiger partial charge < -0.3 is 10.4 Å². The molecule has 2 aromatic heterocycles. The summed E-state index contributed by atoms with van der Waals surface area (Å²) in [6.45, 7) is 5.93. The molecular formula is C18H19N3O3S. The van der Waals surface area contributed by atoms with Crippen LogP contribution in [0.25, 0.3) is 10.1 Å². The molecule has 0 aliphatic carbocycles. The molecule has 0 aliphatic rings. The third kappa shape index (κ3) is 3.28. The zero-order valence-corrected chi connectivity index (χ0v) is 15.1. The van der Waals surface area contributed by atoms with E-state index in [2.05, 4.69) is 10.4 Å². The minimum Gasteiger partial charge on any atom is -0.477 e. The standard InChI is InChI=1S/C18H19N3O3S/c1-10(2)21-9-14(11(3)20-21)17(22)19-8-13-12-6-4-5-7-15(12)25-16(13)18(23)24/h4-7,9-10H,8H2,1-3H3,(H,19,22)(H,23,24). The molecule has 3 rings (SSSR count). The molecule has 25 heavy (non-hydrogen) atoms. The molecule has 0 atom stereocenters. The van der Waals surface area contributed by atoms with Crippen LogP contribution in [0.5, 0.6) is 0 Å². The summed E-state index contributed by atoms with van der Waals surface area (Å²) < 4.78 is 2.64. The smallest absolute Gasteiger partial charge is 0.346 e. The van der Waals surface area contributed by atoms with Crippen molar-refractivity contribution in [2.75, 3.05) is 0 Å². The number of aryl methyl sites for hydroxylation is 1. The molecule has 7 heteroatoms. The normalized spacial score (nSPS) is 11.2. The first-order valence-electron chi connectivity index (χ1n) is 7.96. The van der Waals surface area contributed by atoms with Crippen molar-refractivity contribution in [3.05, 3.63) is 52.2 Å². The summed E-state index contributed by atoms with van der Waals surface area (Å²) in [5.41, 5.74) is 1.79. The Labute approximate surface area is 149 Å². The lowest BCUT2D eigenvalue weighted by molar-refractivity contribution is 0.0700. The third-order valence-electron chi connectivity index (χ3n) is 4.01. The first-order valence-corrected chi connectivity index (χ1v) is 8.77. The van der Waals surface area contributed by atoms with Crippen LogP contribution in [0.4, 0.5) is 0 Å². The fraction of sp³-hybridized carbons (Fsp3) is 0.278. The Morgan fingerprint density at radius 3 is 2.68 bits per heavy atom. The van der Waals surface area contributed by atoms with Crippen LogP contribution in [0.1, 0.15) is 51.2 Å². The van der Waals surface area contributed by atoms with Crippen LogP contribution in [-0.2, 0) is 6.54 Å². The summed E-state index contributed by atoms with van der Waals surface area (Å²) in [7, 11) is 0. The molecule has 0 spiro atoms. The molecule has 0 saturated carbocycles. The Balaban J connectivity index is 1.86. The van der Waals surface area contributed by atoms with Crippen molar-refractivity contribution in [1.29, 1.82) is 0 Å².